The monoisotopic (exact) mass is 439 g/mol. The molecule has 1 aliphatic rings. The maximum Gasteiger partial charge on any atom is 0.250 e. The predicted molar refractivity (Wildman–Crippen MR) is 125 cm³/mol. The van der Waals surface area contributed by atoms with E-state index in [4.69, 9.17) is 4.74 Å². The first-order valence-corrected chi connectivity index (χ1v) is 12.1. The first-order valence-electron chi connectivity index (χ1n) is 10.3. The van der Waals surface area contributed by atoms with Gasteiger partial charge in [0.05, 0.1) is 22.6 Å². The lowest BCUT2D eigenvalue weighted by Gasteiger charge is -2.23. The number of fused-ring (bicyclic) bond motifs is 1. The molecule has 0 aliphatic heterocycles. The lowest BCUT2D eigenvalue weighted by atomic mass is 9.83. The van der Waals surface area contributed by atoms with Crippen molar-refractivity contribution in [1.29, 1.82) is 0 Å². The number of thioether (sulfide) groups is 1. The van der Waals surface area contributed by atoms with Crippen molar-refractivity contribution in [3.05, 3.63) is 54.1 Å². The van der Waals surface area contributed by atoms with Crippen LogP contribution in [0.3, 0.4) is 0 Å². The third-order valence-corrected chi connectivity index (χ3v) is 7.31. The number of nitrogens with one attached hydrogen (secondary N) is 1. The average molecular weight is 440 g/mol. The molecule has 0 radical (unpaired) electrons. The molecule has 1 aromatic heterocycles. The summed E-state index contributed by atoms with van der Waals surface area (Å²) in [5.41, 5.74) is 6.14. The number of hydrazone groups is 1. The van der Waals surface area contributed by atoms with E-state index in [1.54, 1.807) is 11.3 Å². The summed E-state index contributed by atoms with van der Waals surface area (Å²) in [5.74, 6) is 1.66. The van der Waals surface area contributed by atoms with Crippen LogP contribution in [-0.2, 0) is 4.79 Å². The normalized spacial score (nSPS) is 16.4. The Labute approximate surface area is 184 Å². The molecule has 1 amide bonds. The zero-order valence-corrected chi connectivity index (χ0v) is 18.6. The molecule has 1 heterocycles. The summed E-state index contributed by atoms with van der Waals surface area (Å²) >= 11 is 3.02. The second-order valence-corrected chi connectivity index (χ2v) is 9.48. The van der Waals surface area contributed by atoms with Crippen molar-refractivity contribution in [3.63, 3.8) is 0 Å². The molecule has 0 spiro atoms. The highest BCUT2D eigenvalue weighted by Gasteiger charge is 2.19. The maximum atomic E-state index is 12.2. The van der Waals surface area contributed by atoms with Crippen molar-refractivity contribution in [1.82, 2.24) is 10.4 Å². The fraction of sp³-hybridized carbons (Fsp3) is 0.348. The van der Waals surface area contributed by atoms with E-state index in [0.717, 1.165) is 51.7 Å². The molecule has 1 fully saturated rings. The maximum absolute atomic E-state index is 12.2. The quantitative estimate of drug-likeness (QED) is 0.383. The predicted octanol–water partition coefficient (Wildman–Crippen LogP) is 5.62. The molecule has 5 nitrogen and oxygen atoms in total. The molecule has 1 saturated carbocycles. The van der Waals surface area contributed by atoms with Crippen LogP contribution in [0, 0.1) is 0 Å². The van der Waals surface area contributed by atoms with Crippen LogP contribution < -0.4 is 10.2 Å². The van der Waals surface area contributed by atoms with Crippen molar-refractivity contribution in [3.8, 4) is 5.75 Å². The second kappa shape index (κ2) is 10.1. The number of amides is 1. The van der Waals surface area contributed by atoms with Gasteiger partial charge in [-0.2, -0.15) is 5.10 Å². The number of aromatic nitrogens is 1. The van der Waals surface area contributed by atoms with Gasteiger partial charge in [0.25, 0.3) is 5.91 Å². The van der Waals surface area contributed by atoms with E-state index >= 15 is 0 Å². The first-order chi connectivity index (χ1) is 14.7. The summed E-state index contributed by atoms with van der Waals surface area (Å²) in [4.78, 5) is 16.8. The topological polar surface area (TPSA) is 63.6 Å². The summed E-state index contributed by atoms with van der Waals surface area (Å²) in [6, 6.07) is 16.5. The Bertz CT molecular complexity index is 1020. The van der Waals surface area contributed by atoms with Crippen molar-refractivity contribution in [2.24, 2.45) is 5.10 Å². The number of carbonyl (C=O) groups is 1. The molecule has 0 atom stereocenters. The molecule has 3 aromatic rings. The summed E-state index contributed by atoms with van der Waals surface area (Å²) < 4.78 is 7.48. The highest BCUT2D eigenvalue weighted by molar-refractivity contribution is 8.01. The van der Waals surface area contributed by atoms with Crippen molar-refractivity contribution in [2.45, 2.75) is 42.9 Å². The Kier molecular flexibility index (Phi) is 7.02. The Morgan fingerprint density at radius 2 is 2.03 bits per heavy atom. The molecular formula is C23H25N3O2S2. The number of rotatable bonds is 7. The fourth-order valence-electron chi connectivity index (χ4n) is 3.62. The minimum Gasteiger partial charge on any atom is -0.494 e. The molecule has 156 valence electrons. The number of carbonyl (C=O) groups excluding carboxylic acids is 1. The van der Waals surface area contributed by atoms with E-state index in [1.165, 1.54) is 17.3 Å². The van der Waals surface area contributed by atoms with Gasteiger partial charge < -0.3 is 4.74 Å². The summed E-state index contributed by atoms with van der Waals surface area (Å²) in [6.45, 7) is 2.61. The summed E-state index contributed by atoms with van der Waals surface area (Å²) in [5, 5.41) is 4.37. The highest BCUT2D eigenvalue weighted by Crippen LogP contribution is 2.32. The lowest BCUT2D eigenvalue weighted by molar-refractivity contribution is -0.118. The fourth-order valence-corrected chi connectivity index (χ4v) is 5.51. The van der Waals surface area contributed by atoms with E-state index in [9.17, 15) is 4.79 Å². The van der Waals surface area contributed by atoms with E-state index in [1.807, 2.05) is 25.1 Å². The number of hydrogen-bond donors (Lipinski definition) is 1. The molecule has 1 aliphatic carbocycles. The van der Waals surface area contributed by atoms with E-state index in [-0.39, 0.29) is 5.91 Å². The standard InChI is InChI=1S/C23H25N3O2S2/c1-2-28-19-12-13-20-21(14-19)30-23(24-20)29-15-22(27)26-25-18-10-8-17(9-11-18)16-6-4-3-5-7-16/h3-7,12-14,17H,2,8-11,15H2,1H3,(H,26,27). The van der Waals surface area contributed by atoms with Gasteiger partial charge >= 0.3 is 0 Å². The molecule has 1 N–H and O–H groups in total. The Balaban J connectivity index is 1.25. The molecule has 0 saturated heterocycles. The molecule has 2 aromatic carbocycles. The van der Waals surface area contributed by atoms with Gasteiger partial charge in [-0.1, -0.05) is 42.1 Å². The zero-order valence-electron chi connectivity index (χ0n) is 17.0. The van der Waals surface area contributed by atoms with Gasteiger partial charge in [-0.3, -0.25) is 4.79 Å². The van der Waals surface area contributed by atoms with Crippen LogP contribution in [-0.4, -0.2) is 29.0 Å². The minimum atomic E-state index is -0.0908. The van der Waals surface area contributed by atoms with Gasteiger partial charge in [0, 0.05) is 5.71 Å². The molecule has 30 heavy (non-hydrogen) atoms. The van der Waals surface area contributed by atoms with Gasteiger partial charge in [0.2, 0.25) is 0 Å². The number of benzene rings is 2. The van der Waals surface area contributed by atoms with Gasteiger partial charge in [-0.05, 0) is 62.3 Å². The third-order valence-electron chi connectivity index (χ3n) is 5.15. The summed E-state index contributed by atoms with van der Waals surface area (Å²) in [6.07, 6.45) is 4.05. The Morgan fingerprint density at radius 1 is 1.23 bits per heavy atom. The van der Waals surface area contributed by atoms with Crippen LogP contribution in [0.4, 0.5) is 0 Å². The number of thiazole rings is 1. The van der Waals surface area contributed by atoms with Gasteiger partial charge in [0.15, 0.2) is 4.34 Å². The van der Waals surface area contributed by atoms with Crippen molar-refractivity contribution >= 4 is 44.9 Å². The molecule has 0 unspecified atom stereocenters. The second-order valence-electron chi connectivity index (χ2n) is 7.23. The SMILES string of the molecule is CCOc1ccc2nc(SCC(=O)NN=C3CCC(c4ccccc4)CC3)sc2c1. The van der Waals surface area contributed by atoms with Gasteiger partial charge in [-0.15, -0.1) is 11.3 Å². The van der Waals surface area contributed by atoms with E-state index in [0.29, 0.717) is 18.3 Å². The van der Waals surface area contributed by atoms with Gasteiger partial charge in [0.1, 0.15) is 5.75 Å². The van der Waals surface area contributed by atoms with Crippen LogP contribution in [0.1, 0.15) is 44.1 Å². The largest absolute Gasteiger partial charge is 0.494 e. The van der Waals surface area contributed by atoms with E-state index in [2.05, 4.69) is 45.8 Å². The van der Waals surface area contributed by atoms with Crippen LogP contribution in [0.25, 0.3) is 10.2 Å². The average Bonchev–Trinajstić information content (AvgIpc) is 3.20. The van der Waals surface area contributed by atoms with Crippen LogP contribution >= 0.6 is 23.1 Å². The van der Waals surface area contributed by atoms with Crippen LogP contribution in [0.2, 0.25) is 0 Å². The highest BCUT2D eigenvalue weighted by atomic mass is 32.2. The zero-order chi connectivity index (χ0) is 20.8. The lowest BCUT2D eigenvalue weighted by Crippen LogP contribution is -2.23. The first kappa shape index (κ1) is 20.9. The van der Waals surface area contributed by atoms with Crippen LogP contribution in [0.15, 0.2) is 58.0 Å². The van der Waals surface area contributed by atoms with Crippen molar-refractivity contribution < 1.29 is 9.53 Å². The Hall–Kier alpha value is -2.38. The van der Waals surface area contributed by atoms with Crippen molar-refractivity contribution in [2.75, 3.05) is 12.4 Å². The third kappa shape index (κ3) is 5.40. The smallest absolute Gasteiger partial charge is 0.250 e. The molecule has 0 bridgehead atoms. The van der Waals surface area contributed by atoms with E-state index < -0.39 is 0 Å². The molecule has 4 rings (SSSR count). The van der Waals surface area contributed by atoms with Gasteiger partial charge in [-0.25, -0.2) is 10.4 Å². The van der Waals surface area contributed by atoms with Crippen LogP contribution in [0.5, 0.6) is 5.75 Å². The molecular weight excluding hydrogens is 414 g/mol. The molecule has 7 heteroatoms. The number of nitrogens with zero attached hydrogens (tertiary/aromatic N) is 2. The Morgan fingerprint density at radius 3 is 2.80 bits per heavy atom. The number of ether oxygens (including phenoxy) is 1. The number of hydrogen-bond acceptors (Lipinski definition) is 6. The minimum absolute atomic E-state index is 0.0908. The summed E-state index contributed by atoms with van der Waals surface area (Å²) in [7, 11) is 0.